The second-order valence-corrected chi connectivity index (χ2v) is 5.77. The van der Waals surface area contributed by atoms with Crippen LogP contribution in [0.1, 0.15) is 5.56 Å². The molecule has 6 heteroatoms. The second kappa shape index (κ2) is 6.76. The maximum absolute atomic E-state index is 12.1. The van der Waals surface area contributed by atoms with Crippen LogP contribution in [0.15, 0.2) is 59.4 Å². The van der Waals surface area contributed by atoms with Crippen molar-refractivity contribution in [1.82, 2.24) is 4.57 Å². The Morgan fingerprint density at radius 3 is 2.54 bits per heavy atom. The normalized spacial score (nSPS) is 10.7. The zero-order valence-electron chi connectivity index (χ0n) is 12.7. The van der Waals surface area contributed by atoms with Crippen LogP contribution in [-0.2, 0) is 17.9 Å². The average molecular weight is 343 g/mol. The Labute approximate surface area is 143 Å². The molecule has 1 aromatic heterocycles. The van der Waals surface area contributed by atoms with Gasteiger partial charge in [0.05, 0.1) is 5.52 Å². The standard InChI is InChI=1S/C18H15ClN2O3/c19-14-7-4-12(5-8-14)11-24-15-3-1-2-13-6-9-17(23)21(18(13)15)10-16(20)22/h1-9H,10-11H2,(H2,20,22). The summed E-state index contributed by atoms with van der Waals surface area (Å²) >= 11 is 5.87. The molecule has 0 atom stereocenters. The molecule has 0 aliphatic rings. The molecule has 0 spiro atoms. The molecule has 1 heterocycles. The van der Waals surface area contributed by atoms with E-state index >= 15 is 0 Å². The van der Waals surface area contributed by atoms with E-state index in [1.807, 2.05) is 24.3 Å². The number of pyridine rings is 1. The number of carbonyl (C=O) groups is 1. The van der Waals surface area contributed by atoms with Crippen molar-refractivity contribution in [3.05, 3.63) is 75.5 Å². The number of rotatable bonds is 5. The van der Waals surface area contributed by atoms with E-state index in [2.05, 4.69) is 0 Å². The van der Waals surface area contributed by atoms with Gasteiger partial charge in [-0.05, 0) is 29.8 Å². The van der Waals surface area contributed by atoms with Crippen molar-refractivity contribution in [3.8, 4) is 5.75 Å². The third-order valence-corrected chi connectivity index (χ3v) is 3.85. The van der Waals surface area contributed by atoms with Crippen LogP contribution in [0.25, 0.3) is 10.9 Å². The fourth-order valence-corrected chi connectivity index (χ4v) is 2.62. The Bertz CT molecular complexity index is 949. The van der Waals surface area contributed by atoms with Crippen molar-refractivity contribution in [2.24, 2.45) is 5.73 Å². The first kappa shape index (κ1) is 16.1. The highest BCUT2D eigenvalue weighted by atomic mass is 35.5. The van der Waals surface area contributed by atoms with Crippen LogP contribution in [0.5, 0.6) is 5.75 Å². The molecule has 2 aromatic carbocycles. The predicted octanol–water partition coefficient (Wildman–Crippen LogP) is 2.72. The summed E-state index contributed by atoms with van der Waals surface area (Å²) in [6.07, 6.45) is 0. The van der Waals surface area contributed by atoms with Gasteiger partial charge in [-0.3, -0.25) is 14.2 Å². The number of fused-ring (bicyclic) bond motifs is 1. The van der Waals surface area contributed by atoms with Crippen LogP contribution in [0, 0.1) is 0 Å². The quantitative estimate of drug-likeness (QED) is 0.774. The predicted molar refractivity (Wildman–Crippen MR) is 93.2 cm³/mol. The molecule has 0 saturated carbocycles. The molecule has 0 bridgehead atoms. The first-order valence-corrected chi connectivity index (χ1v) is 7.70. The summed E-state index contributed by atoms with van der Waals surface area (Å²) in [5, 5.41) is 1.45. The van der Waals surface area contributed by atoms with Crippen LogP contribution in [0.3, 0.4) is 0 Å². The van der Waals surface area contributed by atoms with Gasteiger partial charge in [0, 0.05) is 16.5 Å². The number of ether oxygens (including phenoxy) is 1. The topological polar surface area (TPSA) is 74.3 Å². The molecule has 5 nitrogen and oxygen atoms in total. The summed E-state index contributed by atoms with van der Waals surface area (Å²) in [4.78, 5) is 23.4. The Morgan fingerprint density at radius 2 is 1.83 bits per heavy atom. The van der Waals surface area contributed by atoms with E-state index in [-0.39, 0.29) is 12.1 Å². The van der Waals surface area contributed by atoms with Gasteiger partial charge in [0.1, 0.15) is 18.9 Å². The van der Waals surface area contributed by atoms with E-state index in [9.17, 15) is 9.59 Å². The number of hydrogen-bond acceptors (Lipinski definition) is 3. The van der Waals surface area contributed by atoms with Gasteiger partial charge in [-0.1, -0.05) is 35.9 Å². The largest absolute Gasteiger partial charge is 0.487 e. The van der Waals surface area contributed by atoms with Crippen molar-refractivity contribution in [2.75, 3.05) is 0 Å². The molecule has 0 fully saturated rings. The first-order valence-electron chi connectivity index (χ1n) is 7.33. The van der Waals surface area contributed by atoms with Crippen molar-refractivity contribution in [3.63, 3.8) is 0 Å². The smallest absolute Gasteiger partial charge is 0.251 e. The van der Waals surface area contributed by atoms with Gasteiger partial charge >= 0.3 is 0 Å². The van der Waals surface area contributed by atoms with E-state index < -0.39 is 5.91 Å². The van der Waals surface area contributed by atoms with Crippen molar-refractivity contribution < 1.29 is 9.53 Å². The molecule has 3 aromatic rings. The lowest BCUT2D eigenvalue weighted by atomic mass is 10.2. The van der Waals surface area contributed by atoms with E-state index in [1.54, 1.807) is 24.3 Å². The number of hydrogen-bond donors (Lipinski definition) is 1. The fraction of sp³-hybridized carbons (Fsp3) is 0.111. The number of amides is 1. The average Bonchev–Trinajstić information content (AvgIpc) is 2.56. The van der Waals surface area contributed by atoms with Gasteiger partial charge in [0.2, 0.25) is 5.91 Å². The number of aromatic nitrogens is 1. The Kier molecular flexibility index (Phi) is 4.53. The molecule has 0 saturated heterocycles. The molecule has 0 aliphatic carbocycles. The summed E-state index contributed by atoms with van der Waals surface area (Å²) < 4.78 is 7.20. The second-order valence-electron chi connectivity index (χ2n) is 5.33. The molecular weight excluding hydrogens is 328 g/mol. The van der Waals surface area contributed by atoms with E-state index in [0.717, 1.165) is 10.9 Å². The number of primary amides is 1. The molecule has 122 valence electrons. The van der Waals surface area contributed by atoms with Crippen molar-refractivity contribution in [2.45, 2.75) is 13.2 Å². The monoisotopic (exact) mass is 342 g/mol. The molecule has 0 aliphatic heterocycles. The summed E-state index contributed by atoms with van der Waals surface area (Å²) in [5.41, 5.74) is 6.45. The van der Waals surface area contributed by atoms with Crippen molar-refractivity contribution in [1.29, 1.82) is 0 Å². The maximum atomic E-state index is 12.1. The molecule has 0 unspecified atom stereocenters. The van der Waals surface area contributed by atoms with Gasteiger partial charge in [-0.15, -0.1) is 0 Å². The molecule has 1 amide bonds. The van der Waals surface area contributed by atoms with Crippen LogP contribution < -0.4 is 16.0 Å². The molecule has 3 rings (SSSR count). The van der Waals surface area contributed by atoms with Crippen LogP contribution in [0.4, 0.5) is 0 Å². The Balaban J connectivity index is 2.00. The van der Waals surface area contributed by atoms with E-state index in [1.165, 1.54) is 10.6 Å². The third kappa shape index (κ3) is 3.41. The highest BCUT2D eigenvalue weighted by Crippen LogP contribution is 2.25. The Morgan fingerprint density at radius 1 is 1.08 bits per heavy atom. The molecule has 0 radical (unpaired) electrons. The fourth-order valence-electron chi connectivity index (χ4n) is 2.49. The summed E-state index contributed by atoms with van der Waals surface area (Å²) in [6.45, 7) is 0.118. The van der Waals surface area contributed by atoms with Gasteiger partial charge in [-0.2, -0.15) is 0 Å². The lowest BCUT2D eigenvalue weighted by Crippen LogP contribution is -2.27. The summed E-state index contributed by atoms with van der Waals surface area (Å²) in [7, 11) is 0. The van der Waals surface area contributed by atoms with Gasteiger partial charge in [0.15, 0.2) is 0 Å². The van der Waals surface area contributed by atoms with E-state index in [4.69, 9.17) is 22.1 Å². The lowest BCUT2D eigenvalue weighted by Gasteiger charge is -2.14. The summed E-state index contributed by atoms with van der Waals surface area (Å²) in [6, 6.07) is 15.8. The summed E-state index contributed by atoms with van der Waals surface area (Å²) in [5.74, 6) is -0.0708. The third-order valence-electron chi connectivity index (χ3n) is 3.59. The highest BCUT2D eigenvalue weighted by Gasteiger charge is 2.11. The number of nitrogens with two attached hydrogens (primary N) is 1. The maximum Gasteiger partial charge on any atom is 0.251 e. The minimum atomic E-state index is -0.586. The Hall–Kier alpha value is -2.79. The van der Waals surface area contributed by atoms with Gasteiger partial charge in [-0.25, -0.2) is 0 Å². The van der Waals surface area contributed by atoms with Crippen LogP contribution in [0.2, 0.25) is 5.02 Å². The SMILES string of the molecule is NC(=O)Cn1c(=O)ccc2cccc(OCc3ccc(Cl)cc3)c21. The minimum absolute atomic E-state index is 0.197. The zero-order valence-corrected chi connectivity index (χ0v) is 13.5. The molecular formula is C18H15ClN2O3. The molecule has 2 N–H and O–H groups in total. The van der Waals surface area contributed by atoms with Crippen LogP contribution in [-0.4, -0.2) is 10.5 Å². The first-order chi connectivity index (χ1) is 11.5. The minimum Gasteiger partial charge on any atom is -0.487 e. The number of benzene rings is 2. The highest BCUT2D eigenvalue weighted by molar-refractivity contribution is 6.30. The van der Waals surface area contributed by atoms with Crippen LogP contribution >= 0.6 is 11.6 Å². The van der Waals surface area contributed by atoms with Gasteiger partial charge < -0.3 is 10.5 Å². The number of halogens is 1. The zero-order chi connectivity index (χ0) is 17.1. The number of carbonyl (C=O) groups excluding carboxylic acids is 1. The van der Waals surface area contributed by atoms with Gasteiger partial charge in [0.25, 0.3) is 5.56 Å². The molecule has 24 heavy (non-hydrogen) atoms. The number of para-hydroxylation sites is 1. The van der Waals surface area contributed by atoms with E-state index in [0.29, 0.717) is 22.9 Å². The van der Waals surface area contributed by atoms with Crippen molar-refractivity contribution >= 4 is 28.4 Å². The lowest BCUT2D eigenvalue weighted by molar-refractivity contribution is -0.118. The number of nitrogens with zero attached hydrogens (tertiary/aromatic N) is 1.